The van der Waals surface area contributed by atoms with Crippen LogP contribution < -0.4 is 10.2 Å². The van der Waals surface area contributed by atoms with E-state index in [1.807, 2.05) is 30.3 Å². The van der Waals surface area contributed by atoms with Crippen LogP contribution in [-0.4, -0.2) is 31.4 Å². The highest BCUT2D eigenvalue weighted by Crippen LogP contribution is 2.22. The fourth-order valence-electron chi connectivity index (χ4n) is 3.09. The molecule has 0 aliphatic carbocycles. The van der Waals surface area contributed by atoms with Crippen molar-refractivity contribution in [3.8, 4) is 0 Å². The third kappa shape index (κ3) is 4.65. The molecule has 1 atom stereocenters. The Morgan fingerprint density at radius 3 is 2.43 bits per heavy atom. The van der Waals surface area contributed by atoms with Crippen LogP contribution in [0.25, 0.3) is 6.08 Å². The molecule has 1 fully saturated rings. The predicted molar refractivity (Wildman–Crippen MR) is 106 cm³/mol. The second kappa shape index (κ2) is 8.99. The molecule has 3 rings (SSSR count). The summed E-state index contributed by atoms with van der Waals surface area (Å²) in [5.74, 6) is -0.803. The number of hydrogen-bond acceptors (Lipinski definition) is 4. The van der Waals surface area contributed by atoms with Crippen LogP contribution in [0.2, 0.25) is 0 Å². The quantitative estimate of drug-likeness (QED) is 0.620. The Hall–Kier alpha value is -3.41. The minimum atomic E-state index is -0.869. The number of rotatable bonds is 6. The standard InChI is InChI=1S/C22H22N2O4/c1-28-22(27)21(17-6-3-2-4-7-17)23-19(25)14-11-16-9-12-18(13-10-16)24-15-5-8-20(24)26/h2-4,6-7,9-14,21H,5,8,15H2,1H3,(H,23,25). The van der Waals surface area contributed by atoms with E-state index in [4.69, 9.17) is 4.74 Å². The molecule has 1 unspecified atom stereocenters. The molecular formula is C22H22N2O4. The number of hydrogen-bond donors (Lipinski definition) is 1. The van der Waals surface area contributed by atoms with Gasteiger partial charge in [-0.15, -0.1) is 0 Å². The van der Waals surface area contributed by atoms with Gasteiger partial charge in [0.15, 0.2) is 6.04 Å². The fourth-order valence-corrected chi connectivity index (χ4v) is 3.09. The topological polar surface area (TPSA) is 75.7 Å². The summed E-state index contributed by atoms with van der Waals surface area (Å²) in [5, 5.41) is 2.66. The lowest BCUT2D eigenvalue weighted by Gasteiger charge is -2.16. The number of anilines is 1. The Labute approximate surface area is 163 Å². The zero-order valence-electron chi connectivity index (χ0n) is 15.6. The predicted octanol–water partition coefficient (Wildman–Crippen LogP) is 2.86. The van der Waals surface area contributed by atoms with Gasteiger partial charge in [0.25, 0.3) is 0 Å². The van der Waals surface area contributed by atoms with E-state index in [9.17, 15) is 14.4 Å². The van der Waals surface area contributed by atoms with E-state index < -0.39 is 17.9 Å². The Morgan fingerprint density at radius 1 is 1.11 bits per heavy atom. The molecule has 2 aromatic carbocycles. The van der Waals surface area contributed by atoms with E-state index in [0.29, 0.717) is 12.0 Å². The van der Waals surface area contributed by atoms with Gasteiger partial charge in [0.2, 0.25) is 11.8 Å². The summed E-state index contributed by atoms with van der Waals surface area (Å²) in [6.45, 7) is 0.741. The second-order valence-corrected chi connectivity index (χ2v) is 6.45. The number of nitrogens with one attached hydrogen (secondary N) is 1. The van der Waals surface area contributed by atoms with Crippen LogP contribution in [0.15, 0.2) is 60.7 Å². The number of carbonyl (C=O) groups is 3. The summed E-state index contributed by atoms with van der Waals surface area (Å²) in [4.78, 5) is 37.9. The maximum absolute atomic E-state index is 12.3. The highest BCUT2D eigenvalue weighted by molar-refractivity contribution is 5.96. The number of amides is 2. The first-order chi connectivity index (χ1) is 13.6. The summed E-state index contributed by atoms with van der Waals surface area (Å²) >= 11 is 0. The van der Waals surface area contributed by atoms with Gasteiger partial charge in [-0.2, -0.15) is 0 Å². The molecule has 0 bridgehead atoms. The Kier molecular flexibility index (Phi) is 6.22. The van der Waals surface area contributed by atoms with Crippen molar-refractivity contribution < 1.29 is 19.1 Å². The van der Waals surface area contributed by atoms with E-state index >= 15 is 0 Å². The van der Waals surface area contributed by atoms with Crippen LogP contribution in [0.4, 0.5) is 5.69 Å². The molecule has 2 amide bonds. The molecule has 0 radical (unpaired) electrons. The minimum Gasteiger partial charge on any atom is -0.467 e. The SMILES string of the molecule is COC(=O)C(NC(=O)C=Cc1ccc(N2CCCC2=O)cc1)c1ccccc1. The number of methoxy groups -OCH3 is 1. The van der Waals surface area contributed by atoms with E-state index in [1.165, 1.54) is 13.2 Å². The van der Waals surface area contributed by atoms with Crippen LogP contribution in [0.3, 0.4) is 0 Å². The Balaban J connectivity index is 1.65. The first-order valence-corrected chi connectivity index (χ1v) is 9.10. The summed E-state index contributed by atoms with van der Waals surface area (Å²) in [7, 11) is 1.28. The van der Waals surface area contributed by atoms with Crippen molar-refractivity contribution in [1.29, 1.82) is 0 Å². The molecule has 1 aliphatic rings. The molecule has 1 aliphatic heterocycles. The largest absolute Gasteiger partial charge is 0.467 e. The molecule has 28 heavy (non-hydrogen) atoms. The van der Waals surface area contributed by atoms with Gasteiger partial charge in [0.05, 0.1) is 7.11 Å². The molecule has 144 valence electrons. The Bertz CT molecular complexity index is 875. The van der Waals surface area contributed by atoms with Crippen LogP contribution in [-0.2, 0) is 19.1 Å². The number of esters is 1. The molecule has 0 saturated carbocycles. The van der Waals surface area contributed by atoms with Gasteiger partial charge in [-0.25, -0.2) is 4.79 Å². The van der Waals surface area contributed by atoms with Crippen LogP contribution in [0.1, 0.15) is 30.0 Å². The molecule has 2 aromatic rings. The van der Waals surface area contributed by atoms with Gasteiger partial charge in [-0.1, -0.05) is 42.5 Å². The number of benzene rings is 2. The zero-order valence-corrected chi connectivity index (χ0v) is 15.6. The molecular weight excluding hydrogens is 356 g/mol. The minimum absolute atomic E-state index is 0.137. The van der Waals surface area contributed by atoms with Gasteiger partial charge in [0, 0.05) is 24.7 Å². The third-order valence-electron chi connectivity index (χ3n) is 4.56. The van der Waals surface area contributed by atoms with E-state index in [0.717, 1.165) is 24.2 Å². The van der Waals surface area contributed by atoms with Gasteiger partial charge >= 0.3 is 5.97 Å². The lowest BCUT2D eigenvalue weighted by Crippen LogP contribution is -2.33. The lowest BCUT2D eigenvalue weighted by atomic mass is 10.1. The number of carbonyl (C=O) groups excluding carboxylic acids is 3. The highest BCUT2D eigenvalue weighted by atomic mass is 16.5. The molecule has 1 heterocycles. The summed E-state index contributed by atoms with van der Waals surface area (Å²) in [6, 6.07) is 15.5. The molecule has 6 heteroatoms. The summed E-state index contributed by atoms with van der Waals surface area (Å²) in [5.41, 5.74) is 2.33. The number of nitrogens with zero attached hydrogens (tertiary/aromatic N) is 1. The maximum Gasteiger partial charge on any atom is 0.333 e. The van der Waals surface area contributed by atoms with Crippen molar-refractivity contribution >= 4 is 29.5 Å². The van der Waals surface area contributed by atoms with Crippen LogP contribution in [0.5, 0.6) is 0 Å². The zero-order chi connectivity index (χ0) is 19.9. The summed E-state index contributed by atoms with van der Waals surface area (Å²) in [6.07, 6.45) is 4.49. The lowest BCUT2D eigenvalue weighted by molar-refractivity contribution is -0.144. The van der Waals surface area contributed by atoms with Crippen LogP contribution >= 0.6 is 0 Å². The molecule has 0 aromatic heterocycles. The smallest absolute Gasteiger partial charge is 0.333 e. The average Bonchev–Trinajstić information content (AvgIpc) is 3.17. The van der Waals surface area contributed by atoms with E-state index in [2.05, 4.69) is 5.32 Å². The molecule has 1 saturated heterocycles. The van der Waals surface area contributed by atoms with Crippen molar-refractivity contribution in [3.63, 3.8) is 0 Å². The van der Waals surface area contributed by atoms with E-state index in [-0.39, 0.29) is 5.91 Å². The average molecular weight is 378 g/mol. The fraction of sp³-hybridized carbons (Fsp3) is 0.227. The Morgan fingerprint density at radius 2 is 1.82 bits per heavy atom. The molecule has 6 nitrogen and oxygen atoms in total. The second-order valence-electron chi connectivity index (χ2n) is 6.45. The maximum atomic E-state index is 12.3. The van der Waals surface area contributed by atoms with Crippen molar-refractivity contribution in [2.24, 2.45) is 0 Å². The van der Waals surface area contributed by atoms with Crippen LogP contribution in [0, 0.1) is 0 Å². The third-order valence-corrected chi connectivity index (χ3v) is 4.56. The molecule has 0 spiro atoms. The van der Waals surface area contributed by atoms with Crippen molar-refractivity contribution in [3.05, 3.63) is 71.8 Å². The van der Waals surface area contributed by atoms with Gasteiger partial charge in [-0.3, -0.25) is 9.59 Å². The van der Waals surface area contributed by atoms with Gasteiger partial charge < -0.3 is 15.0 Å². The summed E-state index contributed by atoms with van der Waals surface area (Å²) < 4.78 is 4.79. The van der Waals surface area contributed by atoms with Gasteiger partial charge in [-0.05, 0) is 35.8 Å². The van der Waals surface area contributed by atoms with Crippen molar-refractivity contribution in [2.75, 3.05) is 18.6 Å². The number of ether oxygens (including phenoxy) is 1. The first kappa shape index (κ1) is 19.4. The van der Waals surface area contributed by atoms with Crippen molar-refractivity contribution in [1.82, 2.24) is 5.32 Å². The molecule has 1 N–H and O–H groups in total. The monoisotopic (exact) mass is 378 g/mol. The van der Waals surface area contributed by atoms with Gasteiger partial charge in [0.1, 0.15) is 0 Å². The van der Waals surface area contributed by atoms with Crippen molar-refractivity contribution in [2.45, 2.75) is 18.9 Å². The first-order valence-electron chi connectivity index (χ1n) is 9.10. The normalized spacial score (nSPS) is 14.9. The highest BCUT2D eigenvalue weighted by Gasteiger charge is 2.23. The van der Waals surface area contributed by atoms with E-state index in [1.54, 1.807) is 35.2 Å².